The summed E-state index contributed by atoms with van der Waals surface area (Å²) in [5, 5.41) is 12.0. The highest BCUT2D eigenvalue weighted by atomic mass is 16.2. The molecule has 4 amide bonds. The van der Waals surface area contributed by atoms with Crippen LogP contribution in [0.25, 0.3) is 0 Å². The fraction of sp³-hybridized carbons (Fsp3) is 0.538. The molecule has 0 radical (unpaired) electrons. The van der Waals surface area contributed by atoms with Gasteiger partial charge < -0.3 is 36.2 Å². The lowest BCUT2D eigenvalue weighted by molar-refractivity contribution is -0.139. The van der Waals surface area contributed by atoms with E-state index in [1.165, 1.54) is 24.9 Å². The molecule has 1 aliphatic carbocycles. The van der Waals surface area contributed by atoms with E-state index in [-0.39, 0.29) is 55.5 Å². The van der Waals surface area contributed by atoms with Crippen LogP contribution in [0.3, 0.4) is 0 Å². The molecule has 2 atom stereocenters. The van der Waals surface area contributed by atoms with Crippen molar-refractivity contribution >= 4 is 30.0 Å². The summed E-state index contributed by atoms with van der Waals surface area (Å²) in [7, 11) is 0. The number of likely N-dealkylation sites (tertiary alicyclic amines) is 1. The first kappa shape index (κ1) is 29.4. The van der Waals surface area contributed by atoms with Crippen LogP contribution in [0.4, 0.5) is 0 Å². The molecular formula is C26H37N11O4. The number of hydrogen-bond donors (Lipinski definition) is 4. The minimum absolute atomic E-state index is 0.00976. The second-order valence-corrected chi connectivity index (χ2v) is 10.2. The van der Waals surface area contributed by atoms with Gasteiger partial charge in [-0.05, 0) is 31.6 Å². The van der Waals surface area contributed by atoms with Crippen LogP contribution in [-0.2, 0) is 20.9 Å². The molecule has 2 aromatic rings. The summed E-state index contributed by atoms with van der Waals surface area (Å²) < 4.78 is 1.58. The molecule has 5 N–H and O–H groups in total. The minimum atomic E-state index is -1.06. The first-order valence-corrected chi connectivity index (χ1v) is 13.8. The lowest BCUT2D eigenvalue weighted by atomic mass is 9.98. The smallest absolute Gasteiger partial charge is 0.271 e. The molecule has 4 rings (SSSR count). The molecule has 41 heavy (non-hydrogen) atoms. The van der Waals surface area contributed by atoms with E-state index in [2.05, 4.69) is 36.0 Å². The van der Waals surface area contributed by atoms with Crippen LogP contribution in [-0.4, -0.2) is 104 Å². The van der Waals surface area contributed by atoms with Crippen LogP contribution in [0.1, 0.15) is 42.6 Å². The molecule has 3 heterocycles. The average molecular weight is 568 g/mol. The maximum absolute atomic E-state index is 13.7. The first-order chi connectivity index (χ1) is 19.9. The Morgan fingerprint density at radius 1 is 1.12 bits per heavy atom. The molecule has 1 aliphatic heterocycles. The van der Waals surface area contributed by atoms with Crippen LogP contribution in [0, 0.1) is 5.92 Å². The molecular weight excluding hydrogens is 530 g/mol. The monoisotopic (exact) mass is 567 g/mol. The Labute approximate surface area is 238 Å². The predicted octanol–water partition coefficient (Wildman–Crippen LogP) is -1.30. The van der Waals surface area contributed by atoms with Gasteiger partial charge in [-0.2, -0.15) is 5.10 Å². The molecule has 0 bridgehead atoms. The second kappa shape index (κ2) is 14.7. The number of piperidine rings is 1. The number of carbonyl (C=O) groups is 4. The molecule has 1 saturated carbocycles. The van der Waals surface area contributed by atoms with E-state index >= 15 is 0 Å². The van der Waals surface area contributed by atoms with Crippen molar-refractivity contribution < 1.29 is 19.2 Å². The standard InChI is InChI=1S/C26H37N11O4/c27-33-18-35-9-1-2-19(15-35)13-32-23(38)12-21(34-24(39)16-36-10-7-29-17-36)26(41)37(20-3-4-20)11-8-31-25(40)22-14-28-5-6-30-22/h5-7,10,14,17-21H,1-4,8-9,11-13,15-16,27H2,(H,31,40)(H,32,38)(H,34,39)/t19-,21-/m0/s1. The lowest BCUT2D eigenvalue weighted by Gasteiger charge is -2.31. The number of carbonyl (C=O) groups excluding carboxylic acids is 4. The summed E-state index contributed by atoms with van der Waals surface area (Å²) in [6, 6.07) is -1.07. The van der Waals surface area contributed by atoms with Crippen molar-refractivity contribution in [3.8, 4) is 0 Å². The Morgan fingerprint density at radius 3 is 2.68 bits per heavy atom. The van der Waals surface area contributed by atoms with Gasteiger partial charge >= 0.3 is 0 Å². The van der Waals surface area contributed by atoms with Gasteiger partial charge in [-0.15, -0.1) is 0 Å². The molecule has 0 aromatic carbocycles. The third-order valence-corrected chi connectivity index (χ3v) is 6.98. The Hall–Kier alpha value is -4.56. The molecule has 2 aromatic heterocycles. The van der Waals surface area contributed by atoms with Crippen LogP contribution in [0.2, 0.25) is 0 Å². The number of nitrogens with one attached hydrogen (secondary N) is 3. The third-order valence-electron chi connectivity index (χ3n) is 6.98. The molecule has 220 valence electrons. The van der Waals surface area contributed by atoms with Crippen LogP contribution < -0.4 is 21.8 Å². The summed E-state index contributed by atoms with van der Waals surface area (Å²) in [5.41, 5.74) is 0.175. The van der Waals surface area contributed by atoms with Gasteiger partial charge in [0.1, 0.15) is 24.6 Å². The SMILES string of the molecule is NN=CN1CCC[C@@H](CNC(=O)C[C@H](NC(=O)Cn2ccnc2)C(=O)N(CCNC(=O)c2cnccn2)C2CC2)C1. The molecule has 2 aliphatic rings. The number of nitrogens with zero attached hydrogens (tertiary/aromatic N) is 7. The van der Waals surface area contributed by atoms with Crippen molar-refractivity contribution in [2.75, 3.05) is 32.7 Å². The van der Waals surface area contributed by atoms with E-state index in [0.29, 0.717) is 6.54 Å². The van der Waals surface area contributed by atoms with Gasteiger partial charge in [0.2, 0.25) is 17.7 Å². The van der Waals surface area contributed by atoms with Gasteiger partial charge in [0.25, 0.3) is 5.91 Å². The third kappa shape index (κ3) is 9.25. The predicted molar refractivity (Wildman–Crippen MR) is 148 cm³/mol. The number of aromatic nitrogens is 4. The summed E-state index contributed by atoms with van der Waals surface area (Å²) in [6.07, 6.45) is 13.9. The van der Waals surface area contributed by atoms with Gasteiger partial charge in [0.15, 0.2) is 0 Å². The number of hydrazone groups is 1. The van der Waals surface area contributed by atoms with Crippen molar-refractivity contribution in [1.82, 2.24) is 45.3 Å². The number of amides is 4. The number of rotatable bonds is 14. The van der Waals surface area contributed by atoms with Crippen molar-refractivity contribution in [1.29, 1.82) is 0 Å². The highest BCUT2D eigenvalue weighted by Crippen LogP contribution is 2.27. The molecule has 15 heteroatoms. The van der Waals surface area contributed by atoms with Gasteiger partial charge in [0.05, 0.1) is 18.9 Å². The molecule has 0 unspecified atom stereocenters. The largest absolute Gasteiger partial charge is 0.361 e. The highest BCUT2D eigenvalue weighted by molar-refractivity contribution is 5.93. The maximum Gasteiger partial charge on any atom is 0.271 e. The Kier molecular flexibility index (Phi) is 10.6. The Morgan fingerprint density at radius 2 is 1.98 bits per heavy atom. The number of nitrogens with two attached hydrogens (primary N) is 1. The summed E-state index contributed by atoms with van der Waals surface area (Å²) in [5.74, 6) is 3.99. The lowest BCUT2D eigenvalue weighted by Crippen LogP contribution is -2.53. The zero-order chi connectivity index (χ0) is 29.0. The van der Waals surface area contributed by atoms with E-state index < -0.39 is 17.9 Å². The molecule has 2 fully saturated rings. The van der Waals surface area contributed by atoms with Gasteiger partial charge in [-0.3, -0.25) is 24.2 Å². The molecule has 1 saturated heterocycles. The Bertz CT molecular complexity index is 1190. The van der Waals surface area contributed by atoms with Crippen molar-refractivity contribution in [3.05, 3.63) is 43.0 Å². The van der Waals surface area contributed by atoms with E-state index in [1.54, 1.807) is 28.2 Å². The van der Waals surface area contributed by atoms with Crippen molar-refractivity contribution in [2.45, 2.75) is 50.7 Å². The van der Waals surface area contributed by atoms with Crippen LogP contribution in [0.5, 0.6) is 0 Å². The van der Waals surface area contributed by atoms with Crippen LogP contribution >= 0.6 is 0 Å². The Balaban J connectivity index is 1.36. The topological polar surface area (TPSA) is 193 Å². The number of imidazole rings is 1. The van der Waals surface area contributed by atoms with Gasteiger partial charge in [-0.1, -0.05) is 0 Å². The van der Waals surface area contributed by atoms with Crippen molar-refractivity contribution in [3.63, 3.8) is 0 Å². The quantitative estimate of drug-likeness (QED) is 0.0929. The minimum Gasteiger partial charge on any atom is -0.361 e. The fourth-order valence-electron chi connectivity index (χ4n) is 4.82. The van der Waals surface area contributed by atoms with E-state index in [9.17, 15) is 19.2 Å². The zero-order valence-corrected chi connectivity index (χ0v) is 22.9. The fourth-order valence-corrected chi connectivity index (χ4v) is 4.82. The summed E-state index contributed by atoms with van der Waals surface area (Å²) in [4.78, 5) is 67.3. The molecule has 15 nitrogen and oxygen atoms in total. The van der Waals surface area contributed by atoms with Crippen molar-refractivity contribution in [2.24, 2.45) is 16.9 Å². The van der Waals surface area contributed by atoms with Gasteiger partial charge in [0, 0.05) is 63.6 Å². The molecule has 0 spiro atoms. The van der Waals surface area contributed by atoms with Gasteiger partial charge in [-0.25, -0.2) is 9.97 Å². The van der Waals surface area contributed by atoms with Crippen LogP contribution in [0.15, 0.2) is 42.4 Å². The van der Waals surface area contributed by atoms with E-state index in [1.807, 2.05) is 4.90 Å². The average Bonchev–Trinajstić information content (AvgIpc) is 3.69. The zero-order valence-electron chi connectivity index (χ0n) is 22.9. The maximum atomic E-state index is 13.7. The second-order valence-electron chi connectivity index (χ2n) is 10.2. The normalized spacial score (nSPS) is 17.6. The highest BCUT2D eigenvalue weighted by Gasteiger charge is 2.37. The summed E-state index contributed by atoms with van der Waals surface area (Å²) >= 11 is 0. The first-order valence-electron chi connectivity index (χ1n) is 13.8. The van der Waals surface area contributed by atoms with E-state index in [0.717, 1.165) is 38.8 Å². The number of hydrogen-bond acceptors (Lipinski definition) is 9. The van der Waals surface area contributed by atoms with E-state index in [4.69, 9.17) is 5.84 Å². The summed E-state index contributed by atoms with van der Waals surface area (Å²) in [6.45, 7) is 2.40.